The second-order valence-electron chi connectivity index (χ2n) is 6.62. The van der Waals surface area contributed by atoms with Crippen molar-refractivity contribution >= 4 is 34.3 Å². The van der Waals surface area contributed by atoms with Crippen LogP contribution in [0.25, 0.3) is 10.9 Å². The van der Waals surface area contributed by atoms with Crippen molar-refractivity contribution in [1.82, 2.24) is 15.3 Å². The van der Waals surface area contributed by atoms with E-state index < -0.39 is 12.0 Å². The Labute approximate surface area is 176 Å². The highest BCUT2D eigenvalue weighted by Crippen LogP contribution is 2.31. The summed E-state index contributed by atoms with van der Waals surface area (Å²) in [7, 11) is 1.98. The van der Waals surface area contributed by atoms with Gasteiger partial charge >= 0.3 is 6.18 Å². The zero-order chi connectivity index (χ0) is 21.6. The van der Waals surface area contributed by atoms with E-state index in [4.69, 9.17) is 0 Å². The minimum absolute atomic E-state index is 0.0210. The summed E-state index contributed by atoms with van der Waals surface area (Å²) in [6.45, 7) is 1.25. The molecule has 5 nitrogen and oxygen atoms in total. The number of carbonyl (C=O) groups is 1. The molecule has 0 radical (unpaired) electrons. The summed E-state index contributed by atoms with van der Waals surface area (Å²) < 4.78 is 39.2. The van der Waals surface area contributed by atoms with E-state index >= 15 is 0 Å². The molecule has 0 unspecified atom stereocenters. The minimum atomic E-state index is -4.65. The number of benzene rings is 2. The van der Waals surface area contributed by atoms with Crippen LogP contribution >= 0.6 is 11.8 Å². The molecular weight excluding hydrogens is 413 g/mol. The van der Waals surface area contributed by atoms with Crippen molar-refractivity contribution in [1.29, 1.82) is 0 Å². The number of nitrogens with zero attached hydrogens (tertiary/aromatic N) is 3. The van der Waals surface area contributed by atoms with E-state index in [-0.39, 0.29) is 22.2 Å². The Morgan fingerprint density at radius 1 is 1.07 bits per heavy atom. The number of amides is 1. The average molecular weight is 434 g/mol. The summed E-state index contributed by atoms with van der Waals surface area (Å²) in [5.74, 6) is -1.47. The maximum atomic E-state index is 13.1. The van der Waals surface area contributed by atoms with Crippen molar-refractivity contribution in [2.75, 3.05) is 30.8 Å². The normalized spacial score (nSPS) is 11.5. The number of fused-ring (bicyclic) bond motifs is 1. The van der Waals surface area contributed by atoms with Crippen LogP contribution in [0.15, 0.2) is 59.6 Å². The number of nitrogens with one attached hydrogen (secondary N) is 1. The molecule has 0 aliphatic rings. The van der Waals surface area contributed by atoms with Crippen molar-refractivity contribution < 1.29 is 18.0 Å². The second kappa shape index (κ2) is 9.80. The molecule has 3 aromatic rings. The monoisotopic (exact) mass is 434 g/mol. The molecule has 1 aromatic heterocycles. The Hall–Kier alpha value is -2.81. The number of rotatable bonds is 8. The molecule has 0 aliphatic heterocycles. The van der Waals surface area contributed by atoms with E-state index in [1.807, 2.05) is 37.4 Å². The predicted octanol–water partition coefficient (Wildman–Crippen LogP) is 4.38. The lowest BCUT2D eigenvalue weighted by molar-refractivity contribution is -0.145. The third-order valence-corrected chi connectivity index (χ3v) is 5.34. The number of para-hydroxylation sites is 2. The number of carbonyl (C=O) groups excluding carboxylic acids is 1. The first-order chi connectivity index (χ1) is 14.3. The quantitative estimate of drug-likeness (QED) is 0.324. The van der Waals surface area contributed by atoms with E-state index in [9.17, 15) is 18.0 Å². The van der Waals surface area contributed by atoms with E-state index in [0.29, 0.717) is 11.9 Å². The number of thioether (sulfide) groups is 1. The number of anilines is 1. The van der Waals surface area contributed by atoms with Gasteiger partial charge in [0.2, 0.25) is 11.7 Å². The number of halogens is 3. The van der Waals surface area contributed by atoms with Gasteiger partial charge < -0.3 is 10.2 Å². The highest BCUT2D eigenvalue weighted by molar-refractivity contribution is 8.00. The van der Waals surface area contributed by atoms with Gasteiger partial charge in [0.05, 0.1) is 11.3 Å². The first-order valence-corrected chi connectivity index (χ1v) is 10.3. The van der Waals surface area contributed by atoms with Gasteiger partial charge in [-0.05, 0) is 24.6 Å². The van der Waals surface area contributed by atoms with Crippen LogP contribution in [0.1, 0.15) is 12.2 Å². The van der Waals surface area contributed by atoms with Gasteiger partial charge in [-0.3, -0.25) is 4.79 Å². The third kappa shape index (κ3) is 5.85. The van der Waals surface area contributed by atoms with Crippen LogP contribution in [0.5, 0.6) is 0 Å². The van der Waals surface area contributed by atoms with Crippen molar-refractivity contribution in [3.05, 3.63) is 60.4 Å². The number of aromatic nitrogens is 2. The van der Waals surface area contributed by atoms with E-state index in [2.05, 4.69) is 20.2 Å². The topological polar surface area (TPSA) is 58.1 Å². The SMILES string of the molecule is CN(CCCNC(=O)CSc1nc(C(F)(F)F)nc2ccccc12)c1ccccc1. The van der Waals surface area contributed by atoms with Gasteiger partial charge in [-0.15, -0.1) is 0 Å². The van der Waals surface area contributed by atoms with Gasteiger partial charge in [0, 0.05) is 31.2 Å². The molecular formula is C21H21F3N4OS. The fraction of sp³-hybridized carbons (Fsp3) is 0.286. The Kier molecular flexibility index (Phi) is 7.15. The third-order valence-electron chi connectivity index (χ3n) is 4.35. The fourth-order valence-electron chi connectivity index (χ4n) is 2.82. The molecule has 3 rings (SSSR count). The summed E-state index contributed by atoms with van der Waals surface area (Å²) in [6.07, 6.45) is -3.90. The first-order valence-electron chi connectivity index (χ1n) is 9.34. The van der Waals surface area contributed by atoms with Crippen LogP contribution in [0.2, 0.25) is 0 Å². The molecule has 1 N–H and O–H groups in total. The molecule has 2 aromatic carbocycles. The maximum Gasteiger partial charge on any atom is 0.451 e. The summed E-state index contributed by atoms with van der Waals surface area (Å²) in [4.78, 5) is 21.4. The number of hydrogen-bond acceptors (Lipinski definition) is 5. The fourth-order valence-corrected chi connectivity index (χ4v) is 3.67. The van der Waals surface area contributed by atoms with Crippen molar-refractivity contribution in [2.45, 2.75) is 17.6 Å². The van der Waals surface area contributed by atoms with Crippen LogP contribution in [-0.4, -0.2) is 41.8 Å². The zero-order valence-corrected chi connectivity index (χ0v) is 17.1. The van der Waals surface area contributed by atoms with Crippen LogP contribution in [0.4, 0.5) is 18.9 Å². The average Bonchev–Trinajstić information content (AvgIpc) is 2.74. The van der Waals surface area contributed by atoms with Crippen molar-refractivity contribution in [3.63, 3.8) is 0 Å². The molecule has 1 heterocycles. The van der Waals surface area contributed by atoms with Gasteiger partial charge in [-0.2, -0.15) is 13.2 Å². The molecule has 0 saturated carbocycles. The lowest BCUT2D eigenvalue weighted by Crippen LogP contribution is -2.29. The molecule has 0 aliphatic carbocycles. The van der Waals surface area contributed by atoms with Crippen molar-refractivity contribution in [3.8, 4) is 0 Å². The van der Waals surface area contributed by atoms with Gasteiger partial charge in [-0.25, -0.2) is 9.97 Å². The highest BCUT2D eigenvalue weighted by atomic mass is 32.2. The standard InChI is InChI=1S/C21H21F3N4OS/c1-28(15-8-3-2-4-9-15)13-7-12-25-18(29)14-30-19-16-10-5-6-11-17(16)26-20(27-19)21(22,23)24/h2-6,8-11H,7,12-14H2,1H3,(H,25,29). The van der Waals surface area contributed by atoms with Crippen LogP contribution in [0.3, 0.4) is 0 Å². The van der Waals surface area contributed by atoms with E-state index in [1.54, 1.807) is 18.2 Å². The molecule has 0 atom stereocenters. The predicted molar refractivity (Wildman–Crippen MR) is 113 cm³/mol. The molecule has 1 amide bonds. The second-order valence-corrected chi connectivity index (χ2v) is 7.58. The zero-order valence-electron chi connectivity index (χ0n) is 16.3. The highest BCUT2D eigenvalue weighted by Gasteiger charge is 2.35. The van der Waals surface area contributed by atoms with Crippen molar-refractivity contribution in [2.24, 2.45) is 0 Å². The minimum Gasteiger partial charge on any atom is -0.375 e. The Bertz CT molecular complexity index is 998. The number of alkyl halides is 3. The molecule has 0 saturated heterocycles. The molecule has 0 spiro atoms. The lowest BCUT2D eigenvalue weighted by atomic mass is 10.2. The largest absolute Gasteiger partial charge is 0.451 e. The summed E-state index contributed by atoms with van der Waals surface area (Å²) in [6, 6.07) is 16.4. The van der Waals surface area contributed by atoms with Gasteiger partial charge in [0.15, 0.2) is 0 Å². The lowest BCUT2D eigenvalue weighted by Gasteiger charge is -2.19. The Balaban J connectivity index is 1.53. The number of hydrogen-bond donors (Lipinski definition) is 1. The van der Waals surface area contributed by atoms with Gasteiger partial charge in [0.25, 0.3) is 0 Å². The van der Waals surface area contributed by atoms with Gasteiger partial charge in [-0.1, -0.05) is 48.2 Å². The van der Waals surface area contributed by atoms with E-state index in [0.717, 1.165) is 30.4 Å². The summed E-state index contributed by atoms with van der Waals surface area (Å²) in [5.41, 5.74) is 1.29. The molecule has 158 valence electrons. The molecule has 9 heteroatoms. The first kappa shape index (κ1) is 21.9. The van der Waals surface area contributed by atoms with Gasteiger partial charge in [0.1, 0.15) is 5.03 Å². The molecule has 30 heavy (non-hydrogen) atoms. The van der Waals surface area contributed by atoms with Crippen LogP contribution in [0, 0.1) is 0 Å². The molecule has 0 fully saturated rings. The Morgan fingerprint density at radius 2 is 1.77 bits per heavy atom. The van der Waals surface area contributed by atoms with E-state index in [1.165, 1.54) is 6.07 Å². The Morgan fingerprint density at radius 3 is 2.50 bits per heavy atom. The van der Waals surface area contributed by atoms with Crippen LogP contribution in [-0.2, 0) is 11.0 Å². The summed E-state index contributed by atoms with van der Waals surface area (Å²) in [5, 5.41) is 3.44. The molecule has 0 bridgehead atoms. The maximum absolute atomic E-state index is 13.1. The smallest absolute Gasteiger partial charge is 0.375 e. The summed E-state index contributed by atoms with van der Waals surface area (Å²) >= 11 is 0.976. The van der Waals surface area contributed by atoms with Crippen LogP contribution < -0.4 is 10.2 Å².